The van der Waals surface area contributed by atoms with Crippen LogP contribution in [0.2, 0.25) is 5.02 Å². The third-order valence-electron chi connectivity index (χ3n) is 4.74. The van der Waals surface area contributed by atoms with Gasteiger partial charge in [-0.15, -0.1) is 11.3 Å². The first-order chi connectivity index (χ1) is 11.6. The Labute approximate surface area is 149 Å². The molecule has 0 spiro atoms. The minimum Gasteiger partial charge on any atom is -0.325 e. The van der Waals surface area contributed by atoms with Crippen LogP contribution in [-0.2, 0) is 11.2 Å². The van der Waals surface area contributed by atoms with Crippen molar-refractivity contribution >= 4 is 34.5 Å². The molecular formula is C18H18ClFN2OS. The van der Waals surface area contributed by atoms with Gasteiger partial charge in [0, 0.05) is 23.2 Å². The standard InChI is InChI=1S/C18H18ClFN2OS/c19-14-9-12(3-4-15(14)20)21-17(23)10-22-7-5-16-13(6-8-24-16)18(22)11-1-2-11/h3-4,6,8-9,11,18H,1-2,5,7,10H2,(H,21,23)/t18-/m1/s1. The molecule has 126 valence electrons. The van der Waals surface area contributed by atoms with Crippen LogP contribution in [-0.4, -0.2) is 23.9 Å². The number of hydrogen-bond acceptors (Lipinski definition) is 3. The molecule has 1 aromatic carbocycles. The minimum atomic E-state index is -0.482. The molecule has 2 heterocycles. The quantitative estimate of drug-likeness (QED) is 0.867. The van der Waals surface area contributed by atoms with Gasteiger partial charge in [0.2, 0.25) is 5.91 Å². The van der Waals surface area contributed by atoms with Crippen molar-refractivity contribution in [2.24, 2.45) is 5.92 Å². The Morgan fingerprint density at radius 2 is 2.21 bits per heavy atom. The van der Waals surface area contributed by atoms with Gasteiger partial charge in [-0.1, -0.05) is 11.6 Å². The monoisotopic (exact) mass is 364 g/mol. The van der Waals surface area contributed by atoms with Gasteiger partial charge >= 0.3 is 0 Å². The lowest BCUT2D eigenvalue weighted by Crippen LogP contribution is -2.41. The summed E-state index contributed by atoms with van der Waals surface area (Å²) in [4.78, 5) is 16.2. The van der Waals surface area contributed by atoms with Gasteiger partial charge in [0.15, 0.2) is 0 Å². The molecular weight excluding hydrogens is 347 g/mol. The van der Waals surface area contributed by atoms with Crippen LogP contribution in [0.4, 0.5) is 10.1 Å². The maximum absolute atomic E-state index is 13.2. The summed E-state index contributed by atoms with van der Waals surface area (Å²) >= 11 is 7.59. The number of anilines is 1. The van der Waals surface area contributed by atoms with Gasteiger partial charge in [-0.3, -0.25) is 9.69 Å². The molecule has 1 saturated carbocycles. The maximum Gasteiger partial charge on any atom is 0.238 e. The van der Waals surface area contributed by atoms with Crippen LogP contribution in [0.5, 0.6) is 0 Å². The third kappa shape index (κ3) is 3.21. The van der Waals surface area contributed by atoms with Gasteiger partial charge in [-0.2, -0.15) is 0 Å². The highest BCUT2D eigenvalue weighted by Gasteiger charge is 2.40. The smallest absolute Gasteiger partial charge is 0.238 e. The van der Waals surface area contributed by atoms with Gasteiger partial charge in [0.25, 0.3) is 0 Å². The number of amides is 1. The first-order valence-electron chi connectivity index (χ1n) is 8.17. The lowest BCUT2D eigenvalue weighted by atomic mass is 9.96. The zero-order valence-electron chi connectivity index (χ0n) is 13.1. The van der Waals surface area contributed by atoms with Crippen molar-refractivity contribution < 1.29 is 9.18 Å². The van der Waals surface area contributed by atoms with E-state index < -0.39 is 5.82 Å². The Balaban J connectivity index is 1.46. The minimum absolute atomic E-state index is 0.0181. The van der Waals surface area contributed by atoms with Crippen LogP contribution in [0.15, 0.2) is 29.6 Å². The van der Waals surface area contributed by atoms with E-state index in [1.54, 1.807) is 0 Å². The van der Waals surface area contributed by atoms with E-state index in [1.165, 1.54) is 41.5 Å². The molecule has 1 aliphatic carbocycles. The summed E-state index contributed by atoms with van der Waals surface area (Å²) in [6.07, 6.45) is 3.49. The number of hydrogen-bond donors (Lipinski definition) is 1. The van der Waals surface area contributed by atoms with E-state index in [0.29, 0.717) is 24.2 Å². The fourth-order valence-electron chi connectivity index (χ4n) is 3.50. The number of carbonyl (C=O) groups excluding carboxylic acids is 1. The van der Waals surface area contributed by atoms with Gasteiger partial charge < -0.3 is 5.32 Å². The predicted molar refractivity (Wildman–Crippen MR) is 95.1 cm³/mol. The Morgan fingerprint density at radius 1 is 1.38 bits per heavy atom. The molecule has 1 aromatic heterocycles. The number of nitrogens with one attached hydrogen (secondary N) is 1. The molecule has 4 rings (SSSR count). The first-order valence-corrected chi connectivity index (χ1v) is 9.43. The molecule has 1 amide bonds. The topological polar surface area (TPSA) is 32.3 Å². The molecule has 0 radical (unpaired) electrons. The number of carbonyl (C=O) groups is 1. The second-order valence-corrected chi connectivity index (χ2v) is 7.89. The summed E-state index contributed by atoms with van der Waals surface area (Å²) in [5, 5.41) is 5.00. The summed E-state index contributed by atoms with van der Waals surface area (Å²) in [7, 11) is 0. The maximum atomic E-state index is 13.2. The summed E-state index contributed by atoms with van der Waals surface area (Å²) in [5.41, 5.74) is 1.94. The zero-order valence-corrected chi connectivity index (χ0v) is 14.7. The fraction of sp³-hybridized carbons (Fsp3) is 0.389. The van der Waals surface area contributed by atoms with Crippen molar-refractivity contribution in [2.45, 2.75) is 25.3 Å². The number of nitrogens with zero attached hydrogens (tertiary/aromatic N) is 1. The van der Waals surface area contributed by atoms with Gasteiger partial charge in [0.05, 0.1) is 11.6 Å². The molecule has 2 aliphatic rings. The van der Waals surface area contributed by atoms with Gasteiger partial charge in [-0.25, -0.2) is 4.39 Å². The number of fused-ring (bicyclic) bond motifs is 1. The predicted octanol–water partition coefficient (Wildman–Crippen LogP) is 4.49. The molecule has 0 unspecified atom stereocenters. The Kier molecular flexibility index (Phi) is 4.33. The Morgan fingerprint density at radius 3 is 2.96 bits per heavy atom. The van der Waals surface area contributed by atoms with Crippen molar-refractivity contribution in [1.82, 2.24) is 4.90 Å². The lowest BCUT2D eigenvalue weighted by molar-refractivity contribution is -0.118. The van der Waals surface area contributed by atoms with Crippen LogP contribution >= 0.6 is 22.9 Å². The van der Waals surface area contributed by atoms with Crippen molar-refractivity contribution in [2.75, 3.05) is 18.4 Å². The van der Waals surface area contributed by atoms with E-state index >= 15 is 0 Å². The summed E-state index contributed by atoms with van der Waals surface area (Å²) in [6, 6.07) is 6.82. The summed E-state index contributed by atoms with van der Waals surface area (Å²) < 4.78 is 13.2. The highest BCUT2D eigenvalue weighted by atomic mass is 35.5. The average molecular weight is 365 g/mol. The highest BCUT2D eigenvalue weighted by molar-refractivity contribution is 7.10. The van der Waals surface area contributed by atoms with Gasteiger partial charge in [0.1, 0.15) is 5.82 Å². The van der Waals surface area contributed by atoms with Gasteiger partial charge in [-0.05, 0) is 60.4 Å². The molecule has 1 fully saturated rings. The molecule has 24 heavy (non-hydrogen) atoms. The normalized spacial score (nSPS) is 20.7. The molecule has 3 nitrogen and oxygen atoms in total. The zero-order chi connectivity index (χ0) is 16.7. The molecule has 6 heteroatoms. The lowest BCUT2D eigenvalue weighted by Gasteiger charge is -2.35. The van der Waals surface area contributed by atoms with Crippen LogP contribution in [0.25, 0.3) is 0 Å². The van der Waals surface area contributed by atoms with Crippen LogP contribution in [0.1, 0.15) is 29.3 Å². The first kappa shape index (κ1) is 16.1. The summed E-state index contributed by atoms with van der Waals surface area (Å²) in [5.74, 6) is 0.109. The van der Waals surface area contributed by atoms with Crippen molar-refractivity contribution in [3.05, 3.63) is 50.9 Å². The number of benzene rings is 1. The van der Waals surface area contributed by atoms with Crippen molar-refractivity contribution in [1.29, 1.82) is 0 Å². The molecule has 2 aromatic rings. The molecule has 1 atom stereocenters. The van der Waals surface area contributed by atoms with Crippen molar-refractivity contribution in [3.8, 4) is 0 Å². The SMILES string of the molecule is O=C(CN1CCc2sccc2[C@H]1C1CC1)Nc1ccc(F)c(Cl)c1. The van der Waals surface area contributed by atoms with Crippen LogP contribution in [0, 0.1) is 11.7 Å². The summed E-state index contributed by atoms with van der Waals surface area (Å²) in [6.45, 7) is 1.26. The Bertz CT molecular complexity index is 774. The van der Waals surface area contributed by atoms with E-state index in [2.05, 4.69) is 21.7 Å². The van der Waals surface area contributed by atoms with Crippen LogP contribution < -0.4 is 5.32 Å². The second kappa shape index (κ2) is 6.47. The highest BCUT2D eigenvalue weighted by Crippen LogP contribution is 2.48. The van der Waals surface area contributed by atoms with Crippen molar-refractivity contribution in [3.63, 3.8) is 0 Å². The second-order valence-electron chi connectivity index (χ2n) is 6.48. The number of thiophene rings is 1. The van der Waals surface area contributed by atoms with E-state index in [4.69, 9.17) is 11.6 Å². The third-order valence-corrected chi connectivity index (χ3v) is 6.02. The van der Waals surface area contributed by atoms with E-state index in [9.17, 15) is 9.18 Å². The van der Waals surface area contributed by atoms with E-state index in [-0.39, 0.29) is 10.9 Å². The largest absolute Gasteiger partial charge is 0.325 e. The Hall–Kier alpha value is -1.43. The van der Waals surface area contributed by atoms with E-state index in [0.717, 1.165) is 13.0 Å². The van der Waals surface area contributed by atoms with Crippen LogP contribution in [0.3, 0.4) is 0 Å². The molecule has 0 bridgehead atoms. The molecule has 1 N–H and O–H groups in total. The fourth-order valence-corrected chi connectivity index (χ4v) is 4.59. The number of halogens is 2. The average Bonchev–Trinajstić information content (AvgIpc) is 3.27. The molecule has 1 aliphatic heterocycles. The molecule has 0 saturated heterocycles. The number of rotatable bonds is 4. The van der Waals surface area contributed by atoms with E-state index in [1.807, 2.05) is 11.3 Å².